The molecule has 0 unspecified atom stereocenters. The minimum Gasteiger partial charge on any atom is -0.458 e. The van der Waals surface area contributed by atoms with Gasteiger partial charge >= 0.3 is 5.97 Å². The molecule has 0 N–H and O–H groups in total. The van der Waals surface area contributed by atoms with Crippen molar-refractivity contribution in [1.29, 1.82) is 0 Å². The highest BCUT2D eigenvalue weighted by atomic mass is 79.9. The van der Waals surface area contributed by atoms with Crippen LogP contribution >= 0.6 is 15.9 Å². The van der Waals surface area contributed by atoms with Gasteiger partial charge in [-0.25, -0.2) is 4.79 Å². The van der Waals surface area contributed by atoms with Gasteiger partial charge in [0, 0.05) is 10.5 Å². The molecule has 0 saturated carbocycles. The molecule has 0 heterocycles. The molecule has 114 valence electrons. The van der Waals surface area contributed by atoms with Crippen LogP contribution in [0.5, 0.6) is 0 Å². The summed E-state index contributed by atoms with van der Waals surface area (Å²) in [5.41, 5.74) is 3.23. The van der Waals surface area contributed by atoms with E-state index in [0.29, 0.717) is 5.92 Å². The van der Waals surface area contributed by atoms with Crippen molar-refractivity contribution in [1.82, 2.24) is 0 Å². The van der Waals surface area contributed by atoms with Gasteiger partial charge in [0.25, 0.3) is 0 Å². The third-order valence-electron chi connectivity index (χ3n) is 3.29. The average Bonchev–Trinajstić information content (AvgIpc) is 2.51. The smallest absolute Gasteiger partial charge is 0.331 e. The van der Waals surface area contributed by atoms with E-state index >= 15 is 0 Å². The number of carbonyl (C=O) groups is 1. The number of carbonyl (C=O) groups excluding carboxylic acids is 1. The summed E-state index contributed by atoms with van der Waals surface area (Å²) in [6, 6.07) is 15.9. The van der Waals surface area contributed by atoms with E-state index in [-0.39, 0.29) is 12.6 Å². The predicted molar refractivity (Wildman–Crippen MR) is 93.5 cm³/mol. The Kier molecular flexibility index (Phi) is 5.96. The lowest BCUT2D eigenvalue weighted by Gasteiger charge is -2.05. The van der Waals surface area contributed by atoms with E-state index in [1.54, 1.807) is 6.08 Å². The molecular weight excluding hydrogens is 340 g/mol. The second-order valence-electron chi connectivity index (χ2n) is 5.39. The second kappa shape index (κ2) is 7.95. The molecule has 0 aliphatic carbocycles. The summed E-state index contributed by atoms with van der Waals surface area (Å²) in [7, 11) is 0. The molecule has 0 radical (unpaired) electrons. The summed E-state index contributed by atoms with van der Waals surface area (Å²) < 4.78 is 6.19. The van der Waals surface area contributed by atoms with Crippen LogP contribution in [0.25, 0.3) is 6.08 Å². The van der Waals surface area contributed by atoms with Crippen molar-refractivity contribution < 1.29 is 9.53 Å². The lowest BCUT2D eigenvalue weighted by Crippen LogP contribution is -2.00. The summed E-state index contributed by atoms with van der Waals surface area (Å²) in [4.78, 5) is 11.7. The van der Waals surface area contributed by atoms with Crippen LogP contribution in [-0.2, 0) is 16.1 Å². The van der Waals surface area contributed by atoms with Crippen molar-refractivity contribution in [3.8, 4) is 0 Å². The zero-order valence-electron chi connectivity index (χ0n) is 12.8. The normalized spacial score (nSPS) is 11.1. The van der Waals surface area contributed by atoms with E-state index in [1.807, 2.05) is 36.4 Å². The standard InChI is InChI=1S/C19H19BrO2/c1-14(2)17-9-6-15(7-10-17)8-11-19(21)22-13-16-4-3-5-18(20)12-16/h3-12,14H,13H2,1-2H3/b11-8+. The zero-order chi connectivity index (χ0) is 15.9. The zero-order valence-corrected chi connectivity index (χ0v) is 14.3. The lowest BCUT2D eigenvalue weighted by molar-refractivity contribution is -0.138. The van der Waals surface area contributed by atoms with Gasteiger partial charge in [-0.15, -0.1) is 0 Å². The third-order valence-corrected chi connectivity index (χ3v) is 3.78. The Morgan fingerprint density at radius 1 is 1.18 bits per heavy atom. The van der Waals surface area contributed by atoms with E-state index in [4.69, 9.17) is 4.74 Å². The summed E-state index contributed by atoms with van der Waals surface area (Å²) in [6.45, 7) is 4.59. The van der Waals surface area contributed by atoms with Gasteiger partial charge in [0.05, 0.1) is 0 Å². The summed E-state index contributed by atoms with van der Waals surface area (Å²) in [6.07, 6.45) is 3.23. The number of hydrogen-bond acceptors (Lipinski definition) is 2. The monoisotopic (exact) mass is 358 g/mol. The summed E-state index contributed by atoms with van der Waals surface area (Å²) in [5, 5.41) is 0. The van der Waals surface area contributed by atoms with Crippen molar-refractivity contribution in [2.45, 2.75) is 26.4 Å². The Morgan fingerprint density at radius 2 is 1.91 bits per heavy atom. The van der Waals surface area contributed by atoms with Crippen molar-refractivity contribution in [3.05, 3.63) is 75.8 Å². The van der Waals surface area contributed by atoms with Crippen LogP contribution < -0.4 is 0 Å². The van der Waals surface area contributed by atoms with Gasteiger partial charge in [0.2, 0.25) is 0 Å². The maximum absolute atomic E-state index is 11.7. The minimum absolute atomic E-state index is 0.273. The summed E-state index contributed by atoms with van der Waals surface area (Å²) in [5.74, 6) is 0.168. The first-order valence-electron chi connectivity index (χ1n) is 7.24. The van der Waals surface area contributed by atoms with Crippen molar-refractivity contribution in [2.75, 3.05) is 0 Å². The molecule has 2 aromatic carbocycles. The van der Waals surface area contributed by atoms with Crippen molar-refractivity contribution >= 4 is 28.0 Å². The van der Waals surface area contributed by atoms with Crippen LogP contribution in [0, 0.1) is 0 Å². The maximum Gasteiger partial charge on any atom is 0.331 e. The highest BCUT2D eigenvalue weighted by Crippen LogP contribution is 2.15. The molecule has 2 rings (SSSR count). The molecule has 0 saturated heterocycles. The van der Waals surface area contributed by atoms with Crippen LogP contribution in [0.15, 0.2) is 59.1 Å². The molecule has 0 atom stereocenters. The van der Waals surface area contributed by atoms with Gasteiger partial charge in [-0.1, -0.05) is 66.2 Å². The Bertz CT molecular complexity index is 657. The third kappa shape index (κ3) is 5.15. The number of benzene rings is 2. The fourth-order valence-corrected chi connectivity index (χ4v) is 2.43. The van der Waals surface area contributed by atoms with Crippen LogP contribution in [-0.4, -0.2) is 5.97 Å². The van der Waals surface area contributed by atoms with E-state index < -0.39 is 0 Å². The lowest BCUT2D eigenvalue weighted by atomic mass is 10.0. The van der Waals surface area contributed by atoms with Gasteiger partial charge in [0.1, 0.15) is 6.61 Å². The number of esters is 1. The molecule has 2 nitrogen and oxygen atoms in total. The van der Waals surface area contributed by atoms with Crippen molar-refractivity contribution in [2.24, 2.45) is 0 Å². The molecule has 0 bridgehead atoms. The molecular formula is C19H19BrO2. The molecule has 0 aliphatic rings. The highest BCUT2D eigenvalue weighted by Gasteiger charge is 2.00. The largest absolute Gasteiger partial charge is 0.458 e. The molecule has 0 spiro atoms. The highest BCUT2D eigenvalue weighted by molar-refractivity contribution is 9.10. The molecule has 0 aliphatic heterocycles. The van der Waals surface area contributed by atoms with Gasteiger partial charge < -0.3 is 4.74 Å². The van der Waals surface area contributed by atoms with E-state index in [0.717, 1.165) is 15.6 Å². The van der Waals surface area contributed by atoms with Gasteiger partial charge in [-0.05, 0) is 40.8 Å². The quantitative estimate of drug-likeness (QED) is 0.533. The number of halogens is 1. The Hall–Kier alpha value is -1.87. The summed E-state index contributed by atoms with van der Waals surface area (Å²) >= 11 is 3.39. The number of rotatable bonds is 5. The van der Waals surface area contributed by atoms with E-state index in [9.17, 15) is 4.79 Å². The van der Waals surface area contributed by atoms with Gasteiger partial charge in [-0.3, -0.25) is 0 Å². The SMILES string of the molecule is CC(C)c1ccc(/C=C/C(=O)OCc2cccc(Br)c2)cc1. The Labute approximate surface area is 139 Å². The topological polar surface area (TPSA) is 26.3 Å². The van der Waals surface area contributed by atoms with Crippen LogP contribution in [0.2, 0.25) is 0 Å². The molecule has 2 aromatic rings. The maximum atomic E-state index is 11.7. The van der Waals surface area contributed by atoms with Gasteiger partial charge in [-0.2, -0.15) is 0 Å². The fraction of sp³-hybridized carbons (Fsp3) is 0.211. The predicted octanol–water partition coefficient (Wildman–Crippen LogP) is 5.33. The number of ether oxygens (including phenoxy) is 1. The van der Waals surface area contributed by atoms with Crippen LogP contribution in [0.1, 0.15) is 36.5 Å². The van der Waals surface area contributed by atoms with Crippen molar-refractivity contribution in [3.63, 3.8) is 0 Å². The average molecular weight is 359 g/mol. The molecule has 0 fully saturated rings. The first kappa shape index (κ1) is 16.5. The minimum atomic E-state index is -0.340. The first-order valence-corrected chi connectivity index (χ1v) is 8.03. The molecule has 0 amide bonds. The van der Waals surface area contributed by atoms with Gasteiger partial charge in [0.15, 0.2) is 0 Å². The number of hydrogen-bond donors (Lipinski definition) is 0. The second-order valence-corrected chi connectivity index (χ2v) is 6.31. The first-order chi connectivity index (χ1) is 10.5. The van der Waals surface area contributed by atoms with Crippen LogP contribution in [0.4, 0.5) is 0 Å². The van der Waals surface area contributed by atoms with E-state index in [2.05, 4.69) is 41.9 Å². The van der Waals surface area contributed by atoms with Crippen LogP contribution in [0.3, 0.4) is 0 Å². The fourth-order valence-electron chi connectivity index (χ4n) is 1.99. The molecule has 0 aromatic heterocycles. The molecule has 3 heteroatoms. The Balaban J connectivity index is 1.88. The molecule has 22 heavy (non-hydrogen) atoms. The Morgan fingerprint density at radius 3 is 2.55 bits per heavy atom. The van der Waals surface area contributed by atoms with E-state index in [1.165, 1.54) is 11.6 Å².